The van der Waals surface area contributed by atoms with Gasteiger partial charge in [0.1, 0.15) is 6.04 Å². The fourth-order valence-corrected chi connectivity index (χ4v) is 2.69. The third-order valence-corrected chi connectivity index (χ3v) is 3.77. The summed E-state index contributed by atoms with van der Waals surface area (Å²) in [6, 6.07) is -0.0576. The summed E-state index contributed by atoms with van der Waals surface area (Å²) in [4.78, 5) is 25.2. The first-order valence-corrected chi connectivity index (χ1v) is 6.17. The smallest absolute Gasteiger partial charge is 0.245 e. The maximum absolute atomic E-state index is 12.0. The molecule has 90 valence electrons. The Morgan fingerprint density at radius 1 is 1.12 bits per heavy atom. The van der Waals surface area contributed by atoms with E-state index in [2.05, 4.69) is 12.2 Å². The maximum Gasteiger partial charge on any atom is 0.245 e. The molecule has 2 aliphatic rings. The van der Waals surface area contributed by atoms with E-state index in [9.17, 15) is 9.59 Å². The highest BCUT2D eigenvalue weighted by atomic mass is 16.2. The van der Waals surface area contributed by atoms with Crippen LogP contribution < -0.4 is 5.32 Å². The van der Waals surface area contributed by atoms with Crippen LogP contribution >= 0.6 is 0 Å². The highest BCUT2D eigenvalue weighted by molar-refractivity contribution is 5.94. The molecule has 1 aliphatic carbocycles. The Labute approximate surface area is 96.4 Å². The fourth-order valence-electron chi connectivity index (χ4n) is 2.69. The van der Waals surface area contributed by atoms with Gasteiger partial charge in [-0.2, -0.15) is 0 Å². The van der Waals surface area contributed by atoms with Gasteiger partial charge >= 0.3 is 0 Å². The Balaban J connectivity index is 2.02. The zero-order chi connectivity index (χ0) is 11.7. The molecule has 1 aliphatic heterocycles. The van der Waals surface area contributed by atoms with Crippen molar-refractivity contribution in [2.45, 2.75) is 51.6 Å². The minimum Gasteiger partial charge on any atom is -0.343 e. The van der Waals surface area contributed by atoms with Gasteiger partial charge in [-0.05, 0) is 38.5 Å². The van der Waals surface area contributed by atoms with Crippen LogP contribution in [0.25, 0.3) is 0 Å². The van der Waals surface area contributed by atoms with E-state index in [1.807, 2.05) is 0 Å². The van der Waals surface area contributed by atoms with Crippen LogP contribution in [0.4, 0.5) is 0 Å². The molecule has 0 spiro atoms. The van der Waals surface area contributed by atoms with Crippen LogP contribution in [0, 0.1) is 5.92 Å². The molecule has 1 unspecified atom stereocenters. The molecular weight excluding hydrogens is 204 g/mol. The van der Waals surface area contributed by atoms with E-state index in [1.54, 1.807) is 11.8 Å². The zero-order valence-electron chi connectivity index (χ0n) is 10.0. The van der Waals surface area contributed by atoms with Gasteiger partial charge in [0.2, 0.25) is 11.8 Å². The van der Waals surface area contributed by atoms with E-state index in [0.29, 0.717) is 0 Å². The number of rotatable bonds is 1. The average molecular weight is 224 g/mol. The molecule has 2 fully saturated rings. The van der Waals surface area contributed by atoms with Gasteiger partial charge in [-0.15, -0.1) is 0 Å². The Bertz CT molecular complexity index is 295. The predicted octanol–water partition coefficient (Wildman–Crippen LogP) is 0.912. The maximum atomic E-state index is 12.0. The van der Waals surface area contributed by atoms with Crippen molar-refractivity contribution in [3.8, 4) is 0 Å². The number of amides is 2. The Hall–Kier alpha value is -1.06. The summed E-state index contributed by atoms with van der Waals surface area (Å²) >= 11 is 0. The molecule has 4 nitrogen and oxygen atoms in total. The molecule has 1 heterocycles. The first-order chi connectivity index (χ1) is 7.58. The molecule has 0 bridgehead atoms. The topological polar surface area (TPSA) is 49.4 Å². The highest BCUT2D eigenvalue weighted by Gasteiger charge is 2.35. The van der Waals surface area contributed by atoms with Gasteiger partial charge in [0.15, 0.2) is 0 Å². The average Bonchev–Trinajstić information content (AvgIpc) is 2.25. The van der Waals surface area contributed by atoms with Gasteiger partial charge in [-0.3, -0.25) is 9.59 Å². The number of hydrogen-bond donors (Lipinski definition) is 1. The molecular formula is C12H20N2O2. The van der Waals surface area contributed by atoms with E-state index in [4.69, 9.17) is 0 Å². The Morgan fingerprint density at radius 2 is 1.75 bits per heavy atom. The highest BCUT2D eigenvalue weighted by Crippen LogP contribution is 2.27. The lowest BCUT2D eigenvalue weighted by Crippen LogP contribution is -2.60. The minimum absolute atomic E-state index is 0.0225. The van der Waals surface area contributed by atoms with Crippen LogP contribution in [-0.2, 0) is 9.59 Å². The van der Waals surface area contributed by atoms with Gasteiger partial charge in [0.05, 0.1) is 6.54 Å². The van der Waals surface area contributed by atoms with Crippen LogP contribution in [0.1, 0.15) is 39.5 Å². The normalized spacial score (nSPS) is 36.1. The second-order valence-electron chi connectivity index (χ2n) is 5.17. The summed E-state index contributed by atoms with van der Waals surface area (Å²) in [6.45, 7) is 4.27. The quantitative estimate of drug-likeness (QED) is 0.720. The number of nitrogens with zero attached hydrogens (tertiary/aromatic N) is 1. The lowest BCUT2D eigenvalue weighted by Gasteiger charge is -2.39. The van der Waals surface area contributed by atoms with Crippen molar-refractivity contribution < 1.29 is 9.59 Å². The van der Waals surface area contributed by atoms with Crippen LogP contribution in [0.3, 0.4) is 0 Å². The monoisotopic (exact) mass is 224 g/mol. The van der Waals surface area contributed by atoms with E-state index >= 15 is 0 Å². The molecule has 1 saturated carbocycles. The zero-order valence-corrected chi connectivity index (χ0v) is 10.0. The minimum atomic E-state index is -0.347. The SMILES string of the molecule is CC1CCC(N2CC(=O)NC(C)C2=O)CC1. The second-order valence-corrected chi connectivity index (χ2v) is 5.17. The number of carbonyl (C=O) groups excluding carboxylic acids is 2. The van der Waals surface area contributed by atoms with E-state index < -0.39 is 0 Å². The third-order valence-electron chi connectivity index (χ3n) is 3.77. The molecule has 2 rings (SSSR count). The number of piperazine rings is 1. The van der Waals surface area contributed by atoms with Gasteiger partial charge in [0, 0.05) is 6.04 Å². The van der Waals surface area contributed by atoms with Crippen molar-refractivity contribution >= 4 is 11.8 Å². The van der Waals surface area contributed by atoms with Crippen LogP contribution in [-0.4, -0.2) is 35.3 Å². The lowest BCUT2D eigenvalue weighted by molar-refractivity contribution is -0.146. The summed E-state index contributed by atoms with van der Waals surface area (Å²) in [5, 5.41) is 2.68. The number of hydrogen-bond acceptors (Lipinski definition) is 2. The van der Waals surface area contributed by atoms with E-state index in [-0.39, 0.29) is 30.4 Å². The van der Waals surface area contributed by atoms with Crippen molar-refractivity contribution in [1.29, 1.82) is 0 Å². The van der Waals surface area contributed by atoms with Gasteiger partial charge in [0.25, 0.3) is 0 Å². The largest absolute Gasteiger partial charge is 0.343 e. The third kappa shape index (κ3) is 2.20. The molecule has 1 N–H and O–H groups in total. The molecule has 4 heteroatoms. The summed E-state index contributed by atoms with van der Waals surface area (Å²) in [7, 11) is 0. The molecule has 1 atom stereocenters. The van der Waals surface area contributed by atoms with Gasteiger partial charge in [-0.25, -0.2) is 0 Å². The van der Waals surface area contributed by atoms with Crippen LogP contribution in [0.15, 0.2) is 0 Å². The van der Waals surface area contributed by atoms with Crippen molar-refractivity contribution in [2.75, 3.05) is 6.54 Å². The first-order valence-electron chi connectivity index (χ1n) is 6.17. The van der Waals surface area contributed by atoms with Crippen molar-refractivity contribution in [2.24, 2.45) is 5.92 Å². The molecule has 0 radical (unpaired) electrons. The van der Waals surface area contributed by atoms with E-state index in [0.717, 1.165) is 18.8 Å². The molecule has 16 heavy (non-hydrogen) atoms. The van der Waals surface area contributed by atoms with Crippen molar-refractivity contribution in [1.82, 2.24) is 10.2 Å². The second kappa shape index (κ2) is 4.44. The molecule has 0 aromatic rings. The Morgan fingerprint density at radius 3 is 2.38 bits per heavy atom. The number of nitrogens with one attached hydrogen (secondary N) is 1. The number of carbonyl (C=O) groups is 2. The fraction of sp³-hybridized carbons (Fsp3) is 0.833. The lowest BCUT2D eigenvalue weighted by atomic mass is 9.86. The predicted molar refractivity (Wildman–Crippen MR) is 60.7 cm³/mol. The molecule has 0 aromatic heterocycles. The van der Waals surface area contributed by atoms with Gasteiger partial charge < -0.3 is 10.2 Å². The standard InChI is InChI=1S/C12H20N2O2/c1-8-3-5-10(6-4-8)14-7-11(15)13-9(2)12(14)16/h8-10H,3-7H2,1-2H3,(H,13,15). The van der Waals surface area contributed by atoms with Crippen molar-refractivity contribution in [3.63, 3.8) is 0 Å². The molecule has 0 aromatic carbocycles. The first kappa shape index (κ1) is 11.4. The summed E-state index contributed by atoms with van der Waals surface area (Å²) < 4.78 is 0. The van der Waals surface area contributed by atoms with Gasteiger partial charge in [-0.1, -0.05) is 6.92 Å². The summed E-state index contributed by atoms with van der Waals surface area (Å²) in [6.07, 6.45) is 4.44. The van der Waals surface area contributed by atoms with Crippen LogP contribution in [0.5, 0.6) is 0 Å². The van der Waals surface area contributed by atoms with Crippen LogP contribution in [0.2, 0.25) is 0 Å². The molecule has 1 saturated heterocycles. The summed E-state index contributed by atoms with van der Waals surface area (Å²) in [5.41, 5.74) is 0. The summed E-state index contributed by atoms with van der Waals surface area (Å²) in [5.74, 6) is 0.826. The Kier molecular flexibility index (Phi) is 3.17. The molecule has 2 amide bonds. The van der Waals surface area contributed by atoms with E-state index in [1.165, 1.54) is 12.8 Å². The van der Waals surface area contributed by atoms with Crippen molar-refractivity contribution in [3.05, 3.63) is 0 Å².